The highest BCUT2D eigenvalue weighted by atomic mass is 16.5. The van der Waals surface area contributed by atoms with Crippen molar-refractivity contribution in [1.82, 2.24) is 10.5 Å². The van der Waals surface area contributed by atoms with Crippen LogP contribution in [0, 0.1) is 6.92 Å². The van der Waals surface area contributed by atoms with Crippen LogP contribution in [0.2, 0.25) is 0 Å². The third-order valence-electron chi connectivity index (χ3n) is 4.18. The molecule has 2 aromatic carbocycles. The summed E-state index contributed by atoms with van der Waals surface area (Å²) < 4.78 is 10.9. The SMILES string of the molecule is Cc1ccc(-c2cc(CNC(=O)c3cc(=O)c4ccccc4o3)no2)cc1. The minimum Gasteiger partial charge on any atom is -0.451 e. The number of para-hydroxylation sites is 1. The molecule has 0 spiro atoms. The largest absolute Gasteiger partial charge is 0.451 e. The van der Waals surface area contributed by atoms with Gasteiger partial charge < -0.3 is 14.3 Å². The maximum Gasteiger partial charge on any atom is 0.287 e. The maximum absolute atomic E-state index is 12.3. The van der Waals surface area contributed by atoms with E-state index in [1.807, 2.05) is 31.2 Å². The van der Waals surface area contributed by atoms with Crippen molar-refractivity contribution in [2.45, 2.75) is 13.5 Å². The monoisotopic (exact) mass is 360 g/mol. The van der Waals surface area contributed by atoms with E-state index < -0.39 is 5.91 Å². The van der Waals surface area contributed by atoms with Crippen LogP contribution in [0.5, 0.6) is 0 Å². The number of benzene rings is 2. The molecule has 2 aromatic heterocycles. The fraction of sp³-hybridized carbons (Fsp3) is 0.0952. The zero-order valence-electron chi connectivity index (χ0n) is 14.6. The third kappa shape index (κ3) is 3.50. The van der Waals surface area contributed by atoms with Crippen molar-refractivity contribution in [2.75, 3.05) is 0 Å². The lowest BCUT2D eigenvalue weighted by molar-refractivity contribution is 0.0923. The van der Waals surface area contributed by atoms with Gasteiger partial charge in [-0.05, 0) is 19.1 Å². The summed E-state index contributed by atoms with van der Waals surface area (Å²) in [4.78, 5) is 24.4. The van der Waals surface area contributed by atoms with E-state index >= 15 is 0 Å². The van der Waals surface area contributed by atoms with E-state index in [2.05, 4.69) is 10.5 Å². The number of carbonyl (C=O) groups excluding carboxylic acids is 1. The average Bonchev–Trinajstić information content (AvgIpc) is 3.15. The summed E-state index contributed by atoms with van der Waals surface area (Å²) in [5, 5.41) is 7.09. The van der Waals surface area contributed by atoms with E-state index in [0.29, 0.717) is 22.4 Å². The first-order chi connectivity index (χ1) is 13.1. The second kappa shape index (κ2) is 6.92. The minimum atomic E-state index is -0.488. The van der Waals surface area contributed by atoms with E-state index in [0.717, 1.165) is 11.1 Å². The Morgan fingerprint density at radius 1 is 1.07 bits per heavy atom. The Morgan fingerprint density at radius 3 is 2.67 bits per heavy atom. The highest BCUT2D eigenvalue weighted by molar-refractivity contribution is 5.93. The van der Waals surface area contributed by atoms with Crippen LogP contribution in [0.4, 0.5) is 0 Å². The molecule has 4 rings (SSSR count). The summed E-state index contributed by atoms with van der Waals surface area (Å²) in [6.45, 7) is 2.17. The normalized spacial score (nSPS) is 10.9. The molecule has 0 bridgehead atoms. The molecule has 0 saturated heterocycles. The zero-order valence-corrected chi connectivity index (χ0v) is 14.6. The van der Waals surface area contributed by atoms with Gasteiger partial charge in [-0.3, -0.25) is 9.59 Å². The first-order valence-electron chi connectivity index (χ1n) is 8.44. The second-order valence-electron chi connectivity index (χ2n) is 6.20. The topological polar surface area (TPSA) is 85.3 Å². The Balaban J connectivity index is 1.48. The first kappa shape index (κ1) is 16.8. The number of rotatable bonds is 4. The standard InChI is InChI=1S/C21H16N2O4/c1-13-6-8-14(9-7-13)19-10-15(23-27-19)12-22-21(25)20-11-17(24)16-4-2-3-5-18(16)26-20/h2-11H,12H2,1H3,(H,22,25). The summed E-state index contributed by atoms with van der Waals surface area (Å²) in [5.41, 5.74) is 2.75. The van der Waals surface area contributed by atoms with Crippen LogP contribution in [0.15, 0.2) is 74.4 Å². The minimum absolute atomic E-state index is 0.0408. The summed E-state index contributed by atoms with van der Waals surface area (Å²) >= 11 is 0. The van der Waals surface area contributed by atoms with Crippen molar-refractivity contribution in [1.29, 1.82) is 0 Å². The third-order valence-corrected chi connectivity index (χ3v) is 4.18. The van der Waals surface area contributed by atoms with Crippen molar-refractivity contribution < 1.29 is 13.7 Å². The van der Waals surface area contributed by atoms with Crippen molar-refractivity contribution in [3.05, 3.63) is 87.9 Å². The van der Waals surface area contributed by atoms with Gasteiger partial charge in [0.25, 0.3) is 5.91 Å². The van der Waals surface area contributed by atoms with Gasteiger partial charge in [-0.25, -0.2) is 0 Å². The predicted molar refractivity (Wildman–Crippen MR) is 100 cm³/mol. The Hall–Kier alpha value is -3.67. The van der Waals surface area contributed by atoms with Crippen molar-refractivity contribution >= 4 is 16.9 Å². The molecule has 0 fully saturated rings. The first-order valence-corrected chi connectivity index (χ1v) is 8.44. The number of aromatic nitrogens is 1. The fourth-order valence-electron chi connectivity index (χ4n) is 2.72. The lowest BCUT2D eigenvalue weighted by atomic mass is 10.1. The van der Waals surface area contributed by atoms with Gasteiger partial charge in [0.05, 0.1) is 11.9 Å². The van der Waals surface area contributed by atoms with Crippen LogP contribution < -0.4 is 10.7 Å². The molecule has 6 nitrogen and oxygen atoms in total. The summed E-state index contributed by atoms with van der Waals surface area (Å²) in [7, 11) is 0. The van der Waals surface area contributed by atoms with E-state index in [9.17, 15) is 9.59 Å². The van der Waals surface area contributed by atoms with Gasteiger partial charge in [0.2, 0.25) is 0 Å². The van der Waals surface area contributed by atoms with E-state index in [1.165, 1.54) is 6.07 Å². The van der Waals surface area contributed by atoms with Crippen LogP contribution in [0.1, 0.15) is 21.8 Å². The molecule has 0 aliphatic carbocycles. The molecule has 1 amide bonds. The Labute approximate surface area is 154 Å². The number of carbonyl (C=O) groups is 1. The van der Waals surface area contributed by atoms with Crippen molar-refractivity contribution in [2.24, 2.45) is 0 Å². The molecule has 6 heteroatoms. The van der Waals surface area contributed by atoms with Crippen molar-refractivity contribution in [3.8, 4) is 11.3 Å². The molecule has 0 aliphatic rings. The molecule has 0 unspecified atom stereocenters. The number of aryl methyl sites for hydroxylation is 1. The Bertz CT molecular complexity index is 1170. The van der Waals surface area contributed by atoms with Gasteiger partial charge in [-0.2, -0.15) is 0 Å². The molecule has 0 aliphatic heterocycles. The van der Waals surface area contributed by atoms with Crippen molar-refractivity contribution in [3.63, 3.8) is 0 Å². The van der Waals surface area contributed by atoms with Gasteiger partial charge in [0.15, 0.2) is 16.9 Å². The molecular formula is C21H16N2O4. The number of hydrogen-bond acceptors (Lipinski definition) is 5. The van der Waals surface area contributed by atoms with E-state index in [-0.39, 0.29) is 17.7 Å². The van der Waals surface area contributed by atoms with Crippen LogP contribution in [-0.4, -0.2) is 11.1 Å². The number of nitrogens with zero attached hydrogens (tertiary/aromatic N) is 1. The molecule has 0 radical (unpaired) electrons. The van der Waals surface area contributed by atoms with E-state index in [1.54, 1.807) is 30.3 Å². The molecule has 1 N–H and O–H groups in total. The Kier molecular flexibility index (Phi) is 4.30. The van der Waals surface area contributed by atoms with E-state index in [4.69, 9.17) is 8.94 Å². The van der Waals surface area contributed by atoms with Gasteiger partial charge in [-0.1, -0.05) is 47.1 Å². The van der Waals surface area contributed by atoms with Gasteiger partial charge in [0.1, 0.15) is 11.3 Å². The van der Waals surface area contributed by atoms with Crippen LogP contribution in [-0.2, 0) is 6.54 Å². The number of nitrogens with one attached hydrogen (secondary N) is 1. The molecular weight excluding hydrogens is 344 g/mol. The highest BCUT2D eigenvalue weighted by Gasteiger charge is 2.13. The molecule has 0 saturated carbocycles. The van der Waals surface area contributed by atoms with Crippen LogP contribution >= 0.6 is 0 Å². The smallest absolute Gasteiger partial charge is 0.287 e. The second-order valence-corrected chi connectivity index (χ2v) is 6.20. The van der Waals surface area contributed by atoms with Gasteiger partial charge in [-0.15, -0.1) is 0 Å². The average molecular weight is 360 g/mol. The molecule has 134 valence electrons. The zero-order chi connectivity index (χ0) is 18.8. The summed E-state index contributed by atoms with van der Waals surface area (Å²) in [6.07, 6.45) is 0. The lowest BCUT2D eigenvalue weighted by Gasteiger charge is -2.03. The van der Waals surface area contributed by atoms with Crippen LogP contribution in [0.25, 0.3) is 22.3 Å². The molecule has 4 aromatic rings. The molecule has 0 atom stereocenters. The lowest BCUT2D eigenvalue weighted by Crippen LogP contribution is -2.24. The fourth-order valence-corrected chi connectivity index (χ4v) is 2.72. The maximum atomic E-state index is 12.3. The number of hydrogen-bond donors (Lipinski definition) is 1. The highest BCUT2D eigenvalue weighted by Crippen LogP contribution is 2.20. The number of amides is 1. The van der Waals surface area contributed by atoms with Gasteiger partial charge in [0, 0.05) is 17.7 Å². The van der Waals surface area contributed by atoms with Crippen LogP contribution in [0.3, 0.4) is 0 Å². The summed E-state index contributed by atoms with van der Waals surface area (Å²) in [5.74, 6) is 0.0928. The molecule has 27 heavy (non-hydrogen) atoms. The predicted octanol–water partition coefficient (Wildman–Crippen LogP) is 3.69. The van der Waals surface area contributed by atoms with Gasteiger partial charge >= 0.3 is 0 Å². The quantitative estimate of drug-likeness (QED) is 0.600. The Morgan fingerprint density at radius 2 is 1.85 bits per heavy atom. The molecule has 2 heterocycles. The summed E-state index contributed by atoms with van der Waals surface area (Å²) in [6, 6.07) is 17.6. The number of fused-ring (bicyclic) bond motifs is 1.